The van der Waals surface area contributed by atoms with Crippen LogP contribution in [0, 0.1) is 12.3 Å². The van der Waals surface area contributed by atoms with Gasteiger partial charge in [-0.2, -0.15) is 0 Å². The Balaban J connectivity index is 1.55. The van der Waals surface area contributed by atoms with Crippen LogP contribution >= 0.6 is 8.38 Å². The van der Waals surface area contributed by atoms with Gasteiger partial charge in [-0.25, -0.2) is 4.79 Å². The molecule has 9 heteroatoms. The largest absolute Gasteiger partial charge is 0.446 e. The van der Waals surface area contributed by atoms with Crippen molar-refractivity contribution in [2.24, 2.45) is 0 Å². The Morgan fingerprint density at radius 2 is 2.12 bits per heavy atom. The molecule has 0 amide bonds. The SMILES string of the molecule is C#Cc1cn(C2CCC(OCP(O)Oc3ccccc3)O2)c(=O)[nH]c1=O. The van der Waals surface area contributed by atoms with Crippen molar-refractivity contribution in [3.63, 3.8) is 0 Å². The lowest BCUT2D eigenvalue weighted by molar-refractivity contribution is -0.140. The highest BCUT2D eigenvalue weighted by Crippen LogP contribution is 2.36. The summed E-state index contributed by atoms with van der Waals surface area (Å²) in [6, 6.07) is 8.92. The molecule has 0 saturated carbocycles. The molecule has 136 valence electrons. The Morgan fingerprint density at radius 3 is 2.85 bits per heavy atom. The third-order valence-corrected chi connectivity index (χ3v) is 4.51. The zero-order valence-electron chi connectivity index (χ0n) is 13.7. The predicted octanol–water partition coefficient (Wildman–Crippen LogP) is 1.51. The molecule has 1 aliphatic rings. The van der Waals surface area contributed by atoms with E-state index >= 15 is 0 Å². The standard InChI is InChI=1S/C17H17N2O6P/c1-2-12-10-19(17(21)18-16(12)20)14-8-9-15(24-14)23-11-26(22)25-13-6-4-3-5-7-13/h1,3-7,10,14-15,22H,8-9,11H2,(H,18,20,21). The first-order chi connectivity index (χ1) is 12.6. The van der Waals surface area contributed by atoms with Crippen LogP contribution in [-0.4, -0.2) is 27.1 Å². The van der Waals surface area contributed by atoms with Gasteiger partial charge in [-0.05, 0) is 18.6 Å². The quantitative estimate of drug-likeness (QED) is 0.585. The van der Waals surface area contributed by atoms with Gasteiger partial charge in [-0.15, -0.1) is 6.42 Å². The van der Waals surface area contributed by atoms with Gasteiger partial charge in [-0.3, -0.25) is 14.3 Å². The van der Waals surface area contributed by atoms with Crippen LogP contribution in [0.15, 0.2) is 46.1 Å². The van der Waals surface area contributed by atoms with Crippen LogP contribution in [0.1, 0.15) is 24.6 Å². The summed E-state index contributed by atoms with van der Waals surface area (Å²) < 4.78 is 17.8. The number of benzene rings is 1. The molecule has 8 nitrogen and oxygen atoms in total. The van der Waals surface area contributed by atoms with Crippen LogP contribution in [0.4, 0.5) is 0 Å². The van der Waals surface area contributed by atoms with Crippen molar-refractivity contribution in [3.8, 4) is 18.1 Å². The highest BCUT2D eigenvalue weighted by atomic mass is 31.2. The maximum Gasteiger partial charge on any atom is 0.330 e. The van der Waals surface area contributed by atoms with E-state index in [0.717, 1.165) is 0 Å². The van der Waals surface area contributed by atoms with Gasteiger partial charge in [0.1, 0.15) is 23.9 Å². The molecule has 1 saturated heterocycles. The van der Waals surface area contributed by atoms with Crippen LogP contribution < -0.4 is 15.8 Å². The molecule has 2 N–H and O–H groups in total. The van der Waals surface area contributed by atoms with E-state index < -0.39 is 32.1 Å². The Morgan fingerprint density at radius 1 is 1.35 bits per heavy atom. The van der Waals surface area contributed by atoms with Crippen LogP contribution in [0.25, 0.3) is 0 Å². The van der Waals surface area contributed by atoms with Crippen molar-refractivity contribution < 1.29 is 18.9 Å². The number of hydrogen-bond donors (Lipinski definition) is 2. The van der Waals surface area contributed by atoms with Gasteiger partial charge in [0.25, 0.3) is 13.9 Å². The molecule has 0 bridgehead atoms. The molecular weight excluding hydrogens is 359 g/mol. The number of aromatic nitrogens is 2. The molecule has 0 spiro atoms. The van der Waals surface area contributed by atoms with Gasteiger partial charge >= 0.3 is 5.69 Å². The van der Waals surface area contributed by atoms with Gasteiger partial charge in [0.2, 0.25) is 0 Å². The number of para-hydroxylation sites is 1. The van der Waals surface area contributed by atoms with E-state index in [0.29, 0.717) is 18.6 Å². The fourth-order valence-corrected chi connectivity index (χ4v) is 3.21. The second kappa shape index (κ2) is 8.30. The molecule has 2 heterocycles. The van der Waals surface area contributed by atoms with E-state index in [1.807, 2.05) is 6.07 Å². The first kappa shape index (κ1) is 18.4. The Labute approximate surface area is 150 Å². The molecule has 3 rings (SSSR count). The van der Waals surface area contributed by atoms with Crippen molar-refractivity contribution in [1.29, 1.82) is 0 Å². The van der Waals surface area contributed by atoms with Gasteiger partial charge in [-0.1, -0.05) is 24.1 Å². The summed E-state index contributed by atoms with van der Waals surface area (Å²) in [5, 5.41) is 0. The molecular formula is C17H17N2O6P. The second-order valence-corrected chi connectivity index (χ2v) is 6.65. The average molecular weight is 376 g/mol. The number of rotatable bonds is 6. The molecule has 26 heavy (non-hydrogen) atoms. The lowest BCUT2D eigenvalue weighted by Crippen LogP contribution is -2.33. The summed E-state index contributed by atoms with van der Waals surface area (Å²) in [5.41, 5.74) is -1.16. The molecule has 3 unspecified atom stereocenters. The van der Waals surface area contributed by atoms with Crippen molar-refractivity contribution in [2.75, 3.05) is 6.35 Å². The minimum absolute atomic E-state index is 0.0300. The van der Waals surface area contributed by atoms with E-state index in [4.69, 9.17) is 20.4 Å². The van der Waals surface area contributed by atoms with E-state index in [1.54, 1.807) is 24.3 Å². The van der Waals surface area contributed by atoms with E-state index in [1.165, 1.54) is 10.8 Å². The van der Waals surface area contributed by atoms with Crippen molar-refractivity contribution in [2.45, 2.75) is 25.4 Å². The summed E-state index contributed by atoms with van der Waals surface area (Å²) in [6.07, 6.45) is 6.35. The Hall–Kier alpha value is -2.43. The number of hydrogen-bond acceptors (Lipinski definition) is 6. The zero-order chi connectivity index (χ0) is 18.5. The molecule has 1 aromatic carbocycles. The number of nitrogens with zero attached hydrogens (tertiary/aromatic N) is 1. The van der Waals surface area contributed by atoms with Crippen LogP contribution in [0.3, 0.4) is 0 Å². The van der Waals surface area contributed by atoms with E-state index in [-0.39, 0.29) is 11.9 Å². The monoisotopic (exact) mass is 376 g/mol. The fourth-order valence-electron chi connectivity index (χ4n) is 2.50. The highest BCUT2D eigenvalue weighted by molar-refractivity contribution is 7.46. The van der Waals surface area contributed by atoms with E-state index in [9.17, 15) is 14.5 Å². The van der Waals surface area contributed by atoms with Gasteiger partial charge in [0.15, 0.2) is 6.29 Å². The molecule has 0 radical (unpaired) electrons. The maximum atomic E-state index is 11.9. The minimum atomic E-state index is -1.80. The third kappa shape index (κ3) is 4.40. The van der Waals surface area contributed by atoms with E-state index in [2.05, 4.69) is 10.9 Å². The number of ether oxygens (including phenoxy) is 2. The van der Waals surface area contributed by atoms with Crippen molar-refractivity contribution in [1.82, 2.24) is 9.55 Å². The summed E-state index contributed by atoms with van der Waals surface area (Å²) in [6.45, 7) is 0. The van der Waals surface area contributed by atoms with Crippen molar-refractivity contribution in [3.05, 3.63) is 62.9 Å². The smallest absolute Gasteiger partial charge is 0.330 e. The summed E-state index contributed by atoms with van der Waals surface area (Å²) in [4.78, 5) is 35.5. The third-order valence-electron chi connectivity index (χ3n) is 3.72. The predicted molar refractivity (Wildman–Crippen MR) is 94.6 cm³/mol. The number of aromatic amines is 1. The van der Waals surface area contributed by atoms with Crippen molar-refractivity contribution >= 4 is 8.38 Å². The minimum Gasteiger partial charge on any atom is -0.446 e. The number of terminal acetylenes is 1. The Kier molecular flexibility index (Phi) is 5.86. The molecule has 3 atom stereocenters. The van der Waals surface area contributed by atoms with Crippen LogP contribution in [0.2, 0.25) is 0 Å². The first-order valence-electron chi connectivity index (χ1n) is 7.85. The summed E-state index contributed by atoms with van der Waals surface area (Å²) in [5.74, 6) is 2.78. The first-order valence-corrected chi connectivity index (χ1v) is 9.25. The van der Waals surface area contributed by atoms with Crippen LogP contribution in [-0.2, 0) is 9.47 Å². The van der Waals surface area contributed by atoms with Gasteiger partial charge in [0, 0.05) is 12.6 Å². The van der Waals surface area contributed by atoms with Crippen LogP contribution in [0.5, 0.6) is 5.75 Å². The number of H-pyrrole nitrogens is 1. The Bertz CT molecular complexity index is 904. The lowest BCUT2D eigenvalue weighted by Gasteiger charge is -2.18. The second-order valence-electron chi connectivity index (χ2n) is 5.50. The van der Waals surface area contributed by atoms with Gasteiger partial charge in [0.05, 0.1) is 0 Å². The topological polar surface area (TPSA) is 103 Å². The normalized spacial score (nSPS) is 20.5. The van der Waals surface area contributed by atoms with Gasteiger partial charge < -0.3 is 18.9 Å². The highest BCUT2D eigenvalue weighted by Gasteiger charge is 2.29. The zero-order valence-corrected chi connectivity index (χ0v) is 14.6. The summed E-state index contributed by atoms with van der Waals surface area (Å²) >= 11 is 0. The average Bonchev–Trinajstić information content (AvgIpc) is 3.10. The molecule has 0 aliphatic carbocycles. The number of nitrogens with one attached hydrogen (secondary N) is 1. The maximum absolute atomic E-state index is 11.9. The fraction of sp³-hybridized carbons (Fsp3) is 0.294. The lowest BCUT2D eigenvalue weighted by atomic mass is 10.3. The molecule has 1 fully saturated rings. The molecule has 1 aromatic heterocycles. The summed E-state index contributed by atoms with van der Waals surface area (Å²) in [7, 11) is -1.80. The molecule has 1 aliphatic heterocycles. The molecule has 2 aromatic rings.